The third-order valence-electron chi connectivity index (χ3n) is 1.81. The summed E-state index contributed by atoms with van der Waals surface area (Å²) in [5.74, 6) is 0.102. The molecule has 2 N–H and O–H groups in total. The van der Waals surface area contributed by atoms with Crippen LogP contribution >= 0.6 is 0 Å². The van der Waals surface area contributed by atoms with Gasteiger partial charge in [-0.2, -0.15) is 0 Å². The highest BCUT2D eigenvalue weighted by molar-refractivity contribution is 7.90. The second-order valence-electron chi connectivity index (χ2n) is 4.54. The van der Waals surface area contributed by atoms with Crippen molar-refractivity contribution in [3.63, 3.8) is 0 Å². The van der Waals surface area contributed by atoms with Crippen LogP contribution in [-0.4, -0.2) is 69.8 Å². The Bertz CT molecular complexity index is 273. The van der Waals surface area contributed by atoms with Crippen molar-refractivity contribution in [1.82, 2.24) is 10.2 Å². The summed E-state index contributed by atoms with van der Waals surface area (Å²) < 4.78 is 21.6. The lowest BCUT2D eigenvalue weighted by Crippen LogP contribution is -2.46. The summed E-state index contributed by atoms with van der Waals surface area (Å²) >= 11 is 0. The second kappa shape index (κ2) is 5.79. The molecule has 92 valence electrons. The Morgan fingerprint density at radius 3 is 2.33 bits per heavy atom. The molecule has 0 aliphatic heterocycles. The van der Waals surface area contributed by atoms with E-state index >= 15 is 0 Å². The molecule has 0 spiro atoms. The second-order valence-corrected chi connectivity index (χ2v) is 6.80. The molecule has 1 atom stereocenters. The maximum Gasteiger partial charge on any atom is 0.148 e. The highest BCUT2D eigenvalue weighted by atomic mass is 32.2. The Labute approximate surface area is 92.4 Å². The van der Waals surface area contributed by atoms with E-state index in [-0.39, 0.29) is 5.75 Å². The Balaban J connectivity index is 3.76. The predicted octanol–water partition coefficient (Wildman–Crippen LogP) is -1.07. The monoisotopic (exact) mass is 238 g/mol. The van der Waals surface area contributed by atoms with Crippen LogP contribution in [-0.2, 0) is 9.84 Å². The topological polar surface area (TPSA) is 69.6 Å². The minimum atomic E-state index is -2.92. The Kier molecular flexibility index (Phi) is 5.72. The van der Waals surface area contributed by atoms with E-state index in [4.69, 9.17) is 0 Å². The quantitative estimate of drug-likeness (QED) is 0.553. The average Bonchev–Trinajstić information content (AvgIpc) is 1.93. The number of hydrogen-bond acceptors (Lipinski definition) is 5. The highest BCUT2D eigenvalue weighted by Gasteiger charge is 2.20. The van der Waals surface area contributed by atoms with Gasteiger partial charge in [-0.1, -0.05) is 0 Å². The van der Waals surface area contributed by atoms with Crippen LogP contribution in [0.25, 0.3) is 0 Å². The van der Waals surface area contributed by atoms with Crippen molar-refractivity contribution >= 4 is 9.84 Å². The molecule has 0 saturated heterocycles. The molecule has 0 aliphatic rings. The van der Waals surface area contributed by atoms with Gasteiger partial charge in [0.2, 0.25) is 0 Å². The first-order valence-electron chi connectivity index (χ1n) is 4.88. The lowest BCUT2D eigenvalue weighted by atomic mass is 10.1. The third kappa shape index (κ3) is 10.1. The SMILES string of the molecule is CN(C)CC(C)(O)CNCCS(C)(=O)=O. The van der Waals surface area contributed by atoms with Crippen LogP contribution in [0.3, 0.4) is 0 Å². The van der Waals surface area contributed by atoms with Gasteiger partial charge in [-0.05, 0) is 21.0 Å². The van der Waals surface area contributed by atoms with E-state index in [0.29, 0.717) is 19.6 Å². The van der Waals surface area contributed by atoms with Gasteiger partial charge in [0.1, 0.15) is 9.84 Å². The van der Waals surface area contributed by atoms with Crippen molar-refractivity contribution in [2.45, 2.75) is 12.5 Å². The highest BCUT2D eigenvalue weighted by Crippen LogP contribution is 2.02. The first kappa shape index (κ1) is 14.8. The number of sulfone groups is 1. The molecular formula is C9H22N2O3S. The molecule has 0 fully saturated rings. The predicted molar refractivity (Wildman–Crippen MR) is 61.8 cm³/mol. The van der Waals surface area contributed by atoms with Crippen molar-refractivity contribution < 1.29 is 13.5 Å². The van der Waals surface area contributed by atoms with Crippen molar-refractivity contribution in [3.05, 3.63) is 0 Å². The van der Waals surface area contributed by atoms with Crippen LogP contribution in [0.5, 0.6) is 0 Å². The third-order valence-corrected chi connectivity index (χ3v) is 2.76. The summed E-state index contributed by atoms with van der Waals surface area (Å²) in [5.41, 5.74) is -0.832. The van der Waals surface area contributed by atoms with Crippen LogP contribution < -0.4 is 5.32 Å². The summed E-state index contributed by atoms with van der Waals surface area (Å²) in [7, 11) is 0.840. The van der Waals surface area contributed by atoms with E-state index in [2.05, 4.69) is 5.32 Å². The average molecular weight is 238 g/mol. The van der Waals surface area contributed by atoms with Crippen molar-refractivity contribution in [3.8, 4) is 0 Å². The lowest BCUT2D eigenvalue weighted by molar-refractivity contribution is 0.0344. The van der Waals surface area contributed by atoms with Crippen LogP contribution in [0.4, 0.5) is 0 Å². The van der Waals surface area contributed by atoms with Crippen molar-refractivity contribution in [1.29, 1.82) is 0 Å². The Hall–Kier alpha value is -0.170. The molecule has 5 nitrogen and oxygen atoms in total. The van der Waals surface area contributed by atoms with Crippen LogP contribution in [0.2, 0.25) is 0 Å². The molecule has 0 radical (unpaired) electrons. The molecule has 0 aromatic heterocycles. The standard InChI is InChI=1S/C9H22N2O3S/c1-9(12,8-11(2)3)7-10-5-6-15(4,13)14/h10,12H,5-8H2,1-4H3. The van der Waals surface area contributed by atoms with Gasteiger partial charge in [0.25, 0.3) is 0 Å². The van der Waals surface area contributed by atoms with E-state index in [1.165, 1.54) is 6.26 Å². The van der Waals surface area contributed by atoms with Crippen LogP contribution in [0.1, 0.15) is 6.92 Å². The number of likely N-dealkylation sites (N-methyl/N-ethyl adjacent to an activating group) is 1. The number of nitrogens with one attached hydrogen (secondary N) is 1. The fourth-order valence-electron chi connectivity index (χ4n) is 1.35. The number of rotatable bonds is 7. The van der Waals surface area contributed by atoms with E-state index in [1.807, 2.05) is 19.0 Å². The largest absolute Gasteiger partial charge is 0.388 e. The molecule has 0 rings (SSSR count). The summed E-state index contributed by atoms with van der Waals surface area (Å²) in [6.07, 6.45) is 1.20. The van der Waals surface area contributed by atoms with Gasteiger partial charge in [-0.15, -0.1) is 0 Å². The van der Waals surface area contributed by atoms with Gasteiger partial charge >= 0.3 is 0 Å². The zero-order valence-corrected chi connectivity index (χ0v) is 10.8. The molecule has 0 heterocycles. The normalized spacial score (nSPS) is 16.7. The van der Waals surface area contributed by atoms with E-state index in [1.54, 1.807) is 6.92 Å². The molecule has 0 bridgehead atoms. The fraction of sp³-hybridized carbons (Fsp3) is 1.00. The molecule has 0 saturated carbocycles. The van der Waals surface area contributed by atoms with E-state index in [9.17, 15) is 13.5 Å². The fourth-order valence-corrected chi connectivity index (χ4v) is 1.87. The summed E-state index contributed by atoms with van der Waals surface area (Å²) in [6.45, 7) is 3.03. The van der Waals surface area contributed by atoms with Crippen LogP contribution in [0.15, 0.2) is 0 Å². The minimum Gasteiger partial charge on any atom is -0.388 e. The van der Waals surface area contributed by atoms with Gasteiger partial charge in [-0.3, -0.25) is 0 Å². The van der Waals surface area contributed by atoms with Gasteiger partial charge < -0.3 is 15.3 Å². The minimum absolute atomic E-state index is 0.102. The first-order chi connectivity index (χ1) is 6.62. The Morgan fingerprint density at radius 1 is 1.40 bits per heavy atom. The van der Waals surface area contributed by atoms with Gasteiger partial charge in [-0.25, -0.2) is 8.42 Å². The molecule has 6 heteroatoms. The van der Waals surface area contributed by atoms with E-state index in [0.717, 1.165) is 0 Å². The molecular weight excluding hydrogens is 216 g/mol. The summed E-state index contributed by atoms with van der Waals surface area (Å²) in [6, 6.07) is 0. The molecule has 15 heavy (non-hydrogen) atoms. The Morgan fingerprint density at radius 2 is 1.93 bits per heavy atom. The van der Waals surface area contributed by atoms with Gasteiger partial charge in [0, 0.05) is 25.9 Å². The first-order valence-corrected chi connectivity index (χ1v) is 6.94. The maximum atomic E-state index is 10.8. The molecule has 0 aliphatic carbocycles. The lowest BCUT2D eigenvalue weighted by Gasteiger charge is -2.27. The number of nitrogens with zero attached hydrogens (tertiary/aromatic N) is 1. The molecule has 0 aromatic rings. The molecule has 0 aromatic carbocycles. The smallest absolute Gasteiger partial charge is 0.148 e. The zero-order chi connectivity index (χ0) is 12.1. The van der Waals surface area contributed by atoms with Gasteiger partial charge in [0.15, 0.2) is 0 Å². The van der Waals surface area contributed by atoms with Gasteiger partial charge in [0.05, 0.1) is 11.4 Å². The molecule has 1 unspecified atom stereocenters. The summed E-state index contributed by atoms with van der Waals surface area (Å²) in [4.78, 5) is 1.89. The zero-order valence-electron chi connectivity index (χ0n) is 9.95. The number of hydrogen-bond donors (Lipinski definition) is 2. The summed E-state index contributed by atoms with van der Waals surface area (Å²) in [5, 5.41) is 12.8. The molecule has 0 amide bonds. The number of aliphatic hydroxyl groups is 1. The van der Waals surface area contributed by atoms with Crippen molar-refractivity contribution in [2.24, 2.45) is 0 Å². The van der Waals surface area contributed by atoms with E-state index < -0.39 is 15.4 Å². The van der Waals surface area contributed by atoms with Crippen molar-refractivity contribution in [2.75, 3.05) is 45.7 Å². The maximum absolute atomic E-state index is 10.8. The van der Waals surface area contributed by atoms with Crippen LogP contribution in [0, 0.1) is 0 Å².